The molecule has 0 aromatic carbocycles. The molecule has 0 aliphatic rings. The largest absolute Gasteiger partial charge is 0.369 e. The number of amides is 1. The normalized spacial score (nSPS) is 9.55. The SMILES string of the molecule is NC(=O)Cc1nccc(Cl)n1. The molecule has 0 radical (unpaired) electrons. The van der Waals surface area contributed by atoms with E-state index in [0.717, 1.165) is 0 Å². The van der Waals surface area contributed by atoms with Crippen LogP contribution in [0.4, 0.5) is 0 Å². The van der Waals surface area contributed by atoms with Gasteiger partial charge in [-0.3, -0.25) is 4.79 Å². The fraction of sp³-hybridized carbons (Fsp3) is 0.167. The second-order valence-electron chi connectivity index (χ2n) is 1.94. The van der Waals surface area contributed by atoms with E-state index in [2.05, 4.69) is 9.97 Å². The number of primary amides is 1. The fourth-order valence-electron chi connectivity index (χ4n) is 0.615. The lowest BCUT2D eigenvalue weighted by molar-refractivity contribution is -0.117. The molecule has 0 fully saturated rings. The predicted octanol–water partition coefficient (Wildman–Crippen LogP) is 0.158. The third-order valence-corrected chi connectivity index (χ3v) is 1.21. The Morgan fingerprint density at radius 1 is 1.73 bits per heavy atom. The summed E-state index contributed by atoms with van der Waals surface area (Å²) >= 11 is 5.53. The Morgan fingerprint density at radius 3 is 3.00 bits per heavy atom. The molecule has 1 heterocycles. The van der Waals surface area contributed by atoms with Crippen LogP contribution in [0.5, 0.6) is 0 Å². The van der Waals surface area contributed by atoms with Gasteiger partial charge in [-0.25, -0.2) is 9.97 Å². The minimum Gasteiger partial charge on any atom is -0.369 e. The lowest BCUT2D eigenvalue weighted by Gasteiger charge is -1.94. The van der Waals surface area contributed by atoms with Crippen molar-refractivity contribution >= 4 is 17.5 Å². The molecule has 1 aromatic heterocycles. The standard InChI is InChI=1S/C6H6ClN3O/c7-4-1-2-9-6(10-4)3-5(8)11/h1-2H,3H2,(H2,8,11). The number of hydrogen-bond donors (Lipinski definition) is 1. The van der Waals surface area contributed by atoms with Gasteiger partial charge in [-0.1, -0.05) is 11.6 Å². The van der Waals surface area contributed by atoms with Crippen LogP contribution in [0.1, 0.15) is 5.82 Å². The van der Waals surface area contributed by atoms with E-state index in [9.17, 15) is 4.79 Å². The maximum Gasteiger partial charge on any atom is 0.225 e. The van der Waals surface area contributed by atoms with Crippen LogP contribution >= 0.6 is 11.6 Å². The van der Waals surface area contributed by atoms with Crippen LogP contribution in [0.25, 0.3) is 0 Å². The third-order valence-electron chi connectivity index (χ3n) is 1.00. The molecule has 0 saturated heterocycles. The number of rotatable bonds is 2. The maximum atomic E-state index is 10.4. The van der Waals surface area contributed by atoms with Gasteiger partial charge in [0.2, 0.25) is 5.91 Å². The first-order valence-electron chi connectivity index (χ1n) is 2.94. The van der Waals surface area contributed by atoms with Crippen molar-refractivity contribution in [1.29, 1.82) is 0 Å². The lowest BCUT2D eigenvalue weighted by Crippen LogP contribution is -2.15. The molecule has 5 heteroatoms. The summed E-state index contributed by atoms with van der Waals surface area (Å²) in [6, 6.07) is 1.53. The van der Waals surface area contributed by atoms with Gasteiger partial charge in [0.1, 0.15) is 11.0 Å². The average Bonchev–Trinajstić information content (AvgIpc) is 1.85. The van der Waals surface area contributed by atoms with Gasteiger partial charge in [0.15, 0.2) is 0 Å². The highest BCUT2D eigenvalue weighted by molar-refractivity contribution is 6.29. The highest BCUT2D eigenvalue weighted by Gasteiger charge is 2.00. The highest BCUT2D eigenvalue weighted by Crippen LogP contribution is 2.01. The molecule has 0 unspecified atom stereocenters. The molecule has 4 nitrogen and oxygen atoms in total. The zero-order valence-electron chi connectivity index (χ0n) is 5.62. The molecular weight excluding hydrogens is 166 g/mol. The molecule has 1 amide bonds. The summed E-state index contributed by atoms with van der Waals surface area (Å²) in [6.45, 7) is 0. The van der Waals surface area contributed by atoms with Gasteiger partial charge < -0.3 is 5.73 Å². The second-order valence-corrected chi connectivity index (χ2v) is 2.33. The van der Waals surface area contributed by atoms with Crippen LogP contribution in [0.3, 0.4) is 0 Å². The third kappa shape index (κ3) is 2.51. The van der Waals surface area contributed by atoms with E-state index in [1.807, 2.05) is 0 Å². The van der Waals surface area contributed by atoms with Crippen molar-refractivity contribution in [2.75, 3.05) is 0 Å². The minimum atomic E-state index is -0.465. The highest BCUT2D eigenvalue weighted by atomic mass is 35.5. The monoisotopic (exact) mass is 171 g/mol. The second kappa shape index (κ2) is 3.30. The molecule has 0 atom stereocenters. The summed E-state index contributed by atoms with van der Waals surface area (Å²) in [6.07, 6.45) is 1.51. The van der Waals surface area contributed by atoms with Crippen molar-refractivity contribution in [3.63, 3.8) is 0 Å². The first-order chi connectivity index (χ1) is 5.18. The van der Waals surface area contributed by atoms with E-state index >= 15 is 0 Å². The van der Waals surface area contributed by atoms with Gasteiger partial charge in [-0.05, 0) is 6.07 Å². The van der Waals surface area contributed by atoms with Crippen molar-refractivity contribution in [1.82, 2.24) is 9.97 Å². The van der Waals surface area contributed by atoms with Crippen molar-refractivity contribution in [3.8, 4) is 0 Å². The van der Waals surface area contributed by atoms with E-state index in [1.54, 1.807) is 0 Å². The van der Waals surface area contributed by atoms with Gasteiger partial charge in [0.25, 0.3) is 0 Å². The van der Waals surface area contributed by atoms with E-state index in [0.29, 0.717) is 11.0 Å². The number of hydrogen-bond acceptors (Lipinski definition) is 3. The number of nitrogens with two attached hydrogens (primary N) is 1. The number of halogens is 1. The fourth-order valence-corrected chi connectivity index (χ4v) is 0.769. The Balaban J connectivity index is 2.79. The smallest absolute Gasteiger partial charge is 0.225 e. The summed E-state index contributed by atoms with van der Waals surface area (Å²) in [5.74, 6) is -0.114. The quantitative estimate of drug-likeness (QED) is 0.645. The molecule has 0 bridgehead atoms. The van der Waals surface area contributed by atoms with Crippen molar-refractivity contribution in [2.24, 2.45) is 5.73 Å². The molecule has 0 aliphatic heterocycles. The maximum absolute atomic E-state index is 10.4. The first-order valence-corrected chi connectivity index (χ1v) is 3.32. The first kappa shape index (κ1) is 7.94. The van der Waals surface area contributed by atoms with E-state index < -0.39 is 5.91 Å². The topological polar surface area (TPSA) is 68.9 Å². The average molecular weight is 172 g/mol. The van der Waals surface area contributed by atoms with Crippen LogP contribution in [0.2, 0.25) is 5.15 Å². The number of nitrogens with zero attached hydrogens (tertiary/aromatic N) is 2. The van der Waals surface area contributed by atoms with Gasteiger partial charge in [-0.2, -0.15) is 0 Å². The molecule has 58 valence electrons. The summed E-state index contributed by atoms with van der Waals surface area (Å²) in [5, 5.41) is 0.316. The Labute approximate surface area is 68.4 Å². The Morgan fingerprint density at radius 2 is 2.45 bits per heavy atom. The van der Waals surface area contributed by atoms with Crippen LogP contribution in [0.15, 0.2) is 12.3 Å². The van der Waals surface area contributed by atoms with Crippen LogP contribution in [-0.4, -0.2) is 15.9 Å². The Kier molecular flexibility index (Phi) is 2.38. The van der Waals surface area contributed by atoms with Crippen molar-refractivity contribution in [3.05, 3.63) is 23.2 Å². The number of carbonyl (C=O) groups excluding carboxylic acids is 1. The molecule has 1 aromatic rings. The molecule has 2 N–H and O–H groups in total. The predicted molar refractivity (Wildman–Crippen MR) is 39.9 cm³/mol. The van der Waals surface area contributed by atoms with Crippen LogP contribution in [0, 0.1) is 0 Å². The molecule has 0 saturated carbocycles. The van der Waals surface area contributed by atoms with E-state index in [-0.39, 0.29) is 6.42 Å². The Bertz CT molecular complexity index is 276. The van der Waals surface area contributed by atoms with E-state index in [1.165, 1.54) is 12.3 Å². The summed E-state index contributed by atoms with van der Waals surface area (Å²) in [7, 11) is 0. The van der Waals surface area contributed by atoms with Crippen LogP contribution < -0.4 is 5.73 Å². The van der Waals surface area contributed by atoms with Gasteiger partial charge in [-0.15, -0.1) is 0 Å². The van der Waals surface area contributed by atoms with Gasteiger partial charge >= 0.3 is 0 Å². The van der Waals surface area contributed by atoms with Crippen LogP contribution in [-0.2, 0) is 11.2 Å². The van der Waals surface area contributed by atoms with Gasteiger partial charge in [0, 0.05) is 6.20 Å². The summed E-state index contributed by atoms with van der Waals surface area (Å²) < 4.78 is 0. The number of carbonyl (C=O) groups is 1. The Hall–Kier alpha value is -1.16. The molecule has 0 spiro atoms. The lowest BCUT2D eigenvalue weighted by atomic mass is 10.4. The molecule has 11 heavy (non-hydrogen) atoms. The zero-order chi connectivity index (χ0) is 8.27. The summed E-state index contributed by atoms with van der Waals surface area (Å²) in [4.78, 5) is 17.9. The van der Waals surface area contributed by atoms with Gasteiger partial charge in [0.05, 0.1) is 6.42 Å². The number of aromatic nitrogens is 2. The summed E-state index contributed by atoms with van der Waals surface area (Å²) in [5.41, 5.74) is 4.91. The minimum absolute atomic E-state index is 0.0283. The van der Waals surface area contributed by atoms with Crippen molar-refractivity contribution in [2.45, 2.75) is 6.42 Å². The molecule has 1 rings (SSSR count). The van der Waals surface area contributed by atoms with E-state index in [4.69, 9.17) is 17.3 Å². The molecule has 0 aliphatic carbocycles. The zero-order valence-corrected chi connectivity index (χ0v) is 6.38. The molecular formula is C6H6ClN3O. The van der Waals surface area contributed by atoms with Crippen molar-refractivity contribution < 1.29 is 4.79 Å².